The summed E-state index contributed by atoms with van der Waals surface area (Å²) >= 11 is 0. The van der Waals surface area contributed by atoms with E-state index in [1.807, 2.05) is 6.07 Å². The van der Waals surface area contributed by atoms with Gasteiger partial charge in [-0.15, -0.1) is 0 Å². The quantitative estimate of drug-likeness (QED) is 0.829. The van der Waals surface area contributed by atoms with Crippen molar-refractivity contribution in [3.8, 4) is 11.1 Å². The lowest BCUT2D eigenvalue weighted by Gasteiger charge is -2.10. The van der Waals surface area contributed by atoms with E-state index in [2.05, 4.69) is 49.4 Å². The number of hydrogen-bond donors (Lipinski definition) is 1. The van der Waals surface area contributed by atoms with Gasteiger partial charge >= 0.3 is 0 Å². The molecule has 2 aromatic carbocycles. The molecule has 0 radical (unpaired) electrons. The molecular weight excluding hydrogens is 194 g/mol. The standard InChI is InChI=1S/C15H17N/c1-12-7-8-14(9-10-16)15(11-12)13-5-3-2-4-6-13/h2-8,11H,9-10,16H2,1H3. The first kappa shape index (κ1) is 10.9. The Bertz CT molecular complexity index is 460. The number of rotatable bonds is 3. The second-order valence-corrected chi connectivity index (χ2v) is 4.07. The molecule has 1 nitrogen and oxygen atoms in total. The summed E-state index contributed by atoms with van der Waals surface area (Å²) in [6.45, 7) is 2.82. The second-order valence-electron chi connectivity index (χ2n) is 4.07. The fourth-order valence-electron chi connectivity index (χ4n) is 1.95. The first-order chi connectivity index (χ1) is 7.81. The molecule has 2 aromatic rings. The van der Waals surface area contributed by atoms with E-state index in [1.54, 1.807) is 0 Å². The van der Waals surface area contributed by atoms with Gasteiger partial charge in [0.2, 0.25) is 0 Å². The maximum atomic E-state index is 5.65. The van der Waals surface area contributed by atoms with E-state index in [-0.39, 0.29) is 0 Å². The Labute approximate surface area is 96.9 Å². The Morgan fingerprint density at radius 2 is 1.75 bits per heavy atom. The highest BCUT2D eigenvalue weighted by molar-refractivity contribution is 5.68. The van der Waals surface area contributed by atoms with Crippen LogP contribution in [-0.2, 0) is 6.42 Å². The van der Waals surface area contributed by atoms with Crippen LogP contribution in [-0.4, -0.2) is 6.54 Å². The van der Waals surface area contributed by atoms with Crippen LogP contribution < -0.4 is 5.73 Å². The van der Waals surface area contributed by atoms with Gasteiger partial charge in [0.25, 0.3) is 0 Å². The van der Waals surface area contributed by atoms with E-state index in [4.69, 9.17) is 5.73 Å². The lowest BCUT2D eigenvalue weighted by molar-refractivity contribution is 0.970. The lowest BCUT2D eigenvalue weighted by atomic mass is 9.96. The molecule has 0 bridgehead atoms. The molecule has 0 unspecified atom stereocenters. The third-order valence-corrected chi connectivity index (χ3v) is 2.76. The van der Waals surface area contributed by atoms with Crippen molar-refractivity contribution in [2.45, 2.75) is 13.3 Å². The molecule has 2 rings (SSSR count). The van der Waals surface area contributed by atoms with Crippen LogP contribution in [0, 0.1) is 6.92 Å². The number of benzene rings is 2. The van der Waals surface area contributed by atoms with E-state index >= 15 is 0 Å². The molecule has 0 heterocycles. The van der Waals surface area contributed by atoms with Gasteiger partial charge in [-0.3, -0.25) is 0 Å². The molecule has 0 spiro atoms. The highest BCUT2D eigenvalue weighted by Crippen LogP contribution is 2.24. The molecule has 16 heavy (non-hydrogen) atoms. The zero-order valence-electron chi connectivity index (χ0n) is 9.61. The van der Waals surface area contributed by atoms with Crippen LogP contribution in [0.2, 0.25) is 0 Å². The average Bonchev–Trinajstić information content (AvgIpc) is 2.33. The summed E-state index contributed by atoms with van der Waals surface area (Å²) in [5, 5.41) is 0. The van der Waals surface area contributed by atoms with Crippen molar-refractivity contribution in [1.29, 1.82) is 0 Å². The zero-order chi connectivity index (χ0) is 11.4. The molecule has 0 saturated carbocycles. The largest absolute Gasteiger partial charge is 0.330 e. The minimum Gasteiger partial charge on any atom is -0.330 e. The molecular formula is C15H17N. The van der Waals surface area contributed by atoms with Crippen molar-refractivity contribution in [1.82, 2.24) is 0 Å². The predicted molar refractivity (Wildman–Crippen MR) is 69.4 cm³/mol. The van der Waals surface area contributed by atoms with Crippen LogP contribution in [0.5, 0.6) is 0 Å². The second kappa shape index (κ2) is 4.95. The van der Waals surface area contributed by atoms with Crippen molar-refractivity contribution < 1.29 is 0 Å². The monoisotopic (exact) mass is 211 g/mol. The third kappa shape index (κ3) is 2.31. The molecule has 82 valence electrons. The molecule has 0 fully saturated rings. The van der Waals surface area contributed by atoms with Crippen molar-refractivity contribution >= 4 is 0 Å². The Hall–Kier alpha value is -1.60. The molecule has 0 aromatic heterocycles. The topological polar surface area (TPSA) is 26.0 Å². The van der Waals surface area contributed by atoms with E-state index in [0.717, 1.165) is 6.42 Å². The van der Waals surface area contributed by atoms with Crippen molar-refractivity contribution in [3.05, 3.63) is 59.7 Å². The van der Waals surface area contributed by atoms with Crippen LogP contribution in [0.3, 0.4) is 0 Å². The summed E-state index contributed by atoms with van der Waals surface area (Å²) in [7, 11) is 0. The number of hydrogen-bond acceptors (Lipinski definition) is 1. The maximum Gasteiger partial charge on any atom is -0.00365 e. The summed E-state index contributed by atoms with van der Waals surface area (Å²) in [4.78, 5) is 0. The van der Waals surface area contributed by atoms with Crippen LogP contribution in [0.25, 0.3) is 11.1 Å². The fraction of sp³-hybridized carbons (Fsp3) is 0.200. The fourth-order valence-corrected chi connectivity index (χ4v) is 1.95. The summed E-state index contributed by atoms with van der Waals surface area (Å²) in [5.74, 6) is 0. The lowest BCUT2D eigenvalue weighted by Crippen LogP contribution is -2.04. The molecule has 1 heteroatoms. The summed E-state index contributed by atoms with van der Waals surface area (Å²) in [6, 6.07) is 17.1. The van der Waals surface area contributed by atoms with Crippen LogP contribution in [0.1, 0.15) is 11.1 Å². The number of aryl methyl sites for hydroxylation is 1. The van der Waals surface area contributed by atoms with E-state index in [9.17, 15) is 0 Å². The first-order valence-corrected chi connectivity index (χ1v) is 5.66. The van der Waals surface area contributed by atoms with E-state index < -0.39 is 0 Å². The molecule has 2 N–H and O–H groups in total. The van der Waals surface area contributed by atoms with Gasteiger partial charge in [0.1, 0.15) is 0 Å². The Balaban J connectivity index is 2.49. The first-order valence-electron chi connectivity index (χ1n) is 5.66. The maximum absolute atomic E-state index is 5.65. The summed E-state index contributed by atoms with van der Waals surface area (Å²) in [5.41, 5.74) is 10.9. The van der Waals surface area contributed by atoms with E-state index in [0.29, 0.717) is 6.54 Å². The molecule has 0 saturated heterocycles. The van der Waals surface area contributed by atoms with Crippen LogP contribution in [0.4, 0.5) is 0 Å². The van der Waals surface area contributed by atoms with Gasteiger partial charge in [-0.2, -0.15) is 0 Å². The van der Waals surface area contributed by atoms with Gasteiger partial charge in [-0.1, -0.05) is 54.1 Å². The van der Waals surface area contributed by atoms with Crippen molar-refractivity contribution in [2.75, 3.05) is 6.54 Å². The summed E-state index contributed by atoms with van der Waals surface area (Å²) < 4.78 is 0. The van der Waals surface area contributed by atoms with E-state index in [1.165, 1.54) is 22.3 Å². The van der Waals surface area contributed by atoms with Crippen LogP contribution in [0.15, 0.2) is 48.5 Å². The highest BCUT2D eigenvalue weighted by Gasteiger charge is 2.04. The normalized spacial score (nSPS) is 10.4. The van der Waals surface area contributed by atoms with Crippen LogP contribution >= 0.6 is 0 Å². The molecule has 0 aliphatic heterocycles. The van der Waals surface area contributed by atoms with Gasteiger partial charge in [0.05, 0.1) is 0 Å². The van der Waals surface area contributed by atoms with Gasteiger partial charge in [0, 0.05) is 0 Å². The number of nitrogens with two attached hydrogens (primary N) is 1. The Kier molecular flexibility index (Phi) is 3.37. The minimum atomic E-state index is 0.697. The molecule has 0 atom stereocenters. The summed E-state index contributed by atoms with van der Waals surface area (Å²) in [6.07, 6.45) is 0.935. The Morgan fingerprint density at radius 1 is 1.00 bits per heavy atom. The molecule has 0 aliphatic carbocycles. The third-order valence-electron chi connectivity index (χ3n) is 2.76. The Morgan fingerprint density at radius 3 is 2.44 bits per heavy atom. The predicted octanol–water partition coefficient (Wildman–Crippen LogP) is 3.16. The van der Waals surface area contributed by atoms with Crippen molar-refractivity contribution in [3.63, 3.8) is 0 Å². The molecule has 0 aliphatic rings. The zero-order valence-corrected chi connectivity index (χ0v) is 9.61. The van der Waals surface area contributed by atoms with Gasteiger partial charge in [-0.25, -0.2) is 0 Å². The van der Waals surface area contributed by atoms with Gasteiger partial charge in [-0.05, 0) is 36.6 Å². The SMILES string of the molecule is Cc1ccc(CCN)c(-c2ccccc2)c1. The minimum absolute atomic E-state index is 0.697. The van der Waals surface area contributed by atoms with Crippen molar-refractivity contribution in [2.24, 2.45) is 5.73 Å². The highest BCUT2D eigenvalue weighted by atomic mass is 14.5. The van der Waals surface area contributed by atoms with Gasteiger partial charge in [0.15, 0.2) is 0 Å². The smallest absolute Gasteiger partial charge is 0.00365 e. The average molecular weight is 211 g/mol. The molecule has 0 amide bonds. The van der Waals surface area contributed by atoms with Gasteiger partial charge < -0.3 is 5.73 Å².